The Morgan fingerprint density at radius 3 is 2.42 bits per heavy atom. The second-order valence-electron chi connectivity index (χ2n) is 6.41. The van der Waals surface area contributed by atoms with Gasteiger partial charge in [-0.05, 0) is 48.5 Å². The van der Waals surface area contributed by atoms with Crippen LogP contribution in [0.2, 0.25) is 0 Å². The van der Waals surface area contributed by atoms with Gasteiger partial charge in [0.2, 0.25) is 5.91 Å². The lowest BCUT2D eigenvalue weighted by Gasteiger charge is -2.15. The molecule has 1 aromatic carbocycles. The fraction of sp³-hybridized carbons (Fsp3) is 0.562. The Hall–Kier alpha value is -1.35. The van der Waals surface area contributed by atoms with Gasteiger partial charge >= 0.3 is 0 Å². The lowest BCUT2D eigenvalue weighted by Crippen LogP contribution is -2.37. The van der Waals surface area contributed by atoms with Crippen LogP contribution >= 0.6 is 0 Å². The number of nitrogens with two attached hydrogens (primary N) is 1. The molecule has 3 saturated carbocycles. The Kier molecular flexibility index (Phi) is 2.46. The van der Waals surface area contributed by atoms with Crippen LogP contribution in [0.25, 0.3) is 0 Å². The average Bonchev–Trinajstić information content (AvgIpc) is 2.85. The molecule has 0 radical (unpaired) electrons. The second-order valence-corrected chi connectivity index (χ2v) is 6.41. The molecule has 1 amide bonds. The highest BCUT2D eigenvalue weighted by Gasteiger charge is 2.65. The SMILES string of the molecule is N[C@H](C(=O)NC1C2C3CCC(C3)C12)c1ccccc1. The van der Waals surface area contributed by atoms with Crippen LogP contribution in [-0.2, 0) is 4.79 Å². The van der Waals surface area contributed by atoms with Gasteiger partial charge in [0.15, 0.2) is 0 Å². The largest absolute Gasteiger partial charge is 0.351 e. The zero-order valence-corrected chi connectivity index (χ0v) is 11.0. The highest BCUT2D eigenvalue weighted by Crippen LogP contribution is 2.65. The Balaban J connectivity index is 1.41. The molecular weight excluding hydrogens is 236 g/mol. The van der Waals surface area contributed by atoms with Crippen LogP contribution in [0.3, 0.4) is 0 Å². The number of rotatable bonds is 3. The van der Waals surface area contributed by atoms with Crippen LogP contribution in [0.15, 0.2) is 30.3 Å². The molecule has 4 unspecified atom stereocenters. The van der Waals surface area contributed by atoms with Crippen molar-refractivity contribution < 1.29 is 4.79 Å². The topological polar surface area (TPSA) is 55.1 Å². The van der Waals surface area contributed by atoms with Crippen molar-refractivity contribution in [2.24, 2.45) is 29.4 Å². The maximum atomic E-state index is 12.2. The first-order chi connectivity index (χ1) is 9.25. The Morgan fingerprint density at radius 2 is 1.79 bits per heavy atom. The molecule has 0 aromatic heterocycles. The van der Waals surface area contributed by atoms with E-state index in [2.05, 4.69) is 5.32 Å². The van der Waals surface area contributed by atoms with E-state index in [1.165, 1.54) is 19.3 Å². The molecule has 2 bridgehead atoms. The van der Waals surface area contributed by atoms with Gasteiger partial charge in [0.25, 0.3) is 0 Å². The third-order valence-electron chi connectivity index (χ3n) is 5.49. The van der Waals surface area contributed by atoms with Gasteiger partial charge in [0.05, 0.1) is 0 Å². The standard InChI is InChI=1S/C16H20N2O/c17-14(9-4-2-1-3-5-9)16(19)18-15-12-10-6-7-11(8-10)13(12)15/h1-5,10-15H,6-8,17H2,(H,18,19)/t10?,11?,12?,13?,14-,15?/m0/s1. The van der Waals surface area contributed by atoms with Crippen molar-refractivity contribution in [3.8, 4) is 0 Å². The van der Waals surface area contributed by atoms with Crippen LogP contribution in [0.1, 0.15) is 30.9 Å². The van der Waals surface area contributed by atoms with Crippen molar-refractivity contribution in [3.05, 3.63) is 35.9 Å². The zero-order valence-electron chi connectivity index (χ0n) is 11.0. The van der Waals surface area contributed by atoms with E-state index < -0.39 is 6.04 Å². The fourth-order valence-corrected chi connectivity index (χ4v) is 4.58. The summed E-state index contributed by atoms with van der Waals surface area (Å²) in [6.45, 7) is 0. The molecule has 3 aliphatic rings. The van der Waals surface area contributed by atoms with Crippen LogP contribution in [-0.4, -0.2) is 11.9 Å². The van der Waals surface area contributed by atoms with Crippen molar-refractivity contribution in [2.75, 3.05) is 0 Å². The number of benzene rings is 1. The lowest BCUT2D eigenvalue weighted by atomic mass is 10.0. The van der Waals surface area contributed by atoms with Gasteiger partial charge in [-0.1, -0.05) is 30.3 Å². The van der Waals surface area contributed by atoms with Crippen molar-refractivity contribution in [1.29, 1.82) is 0 Å². The van der Waals surface area contributed by atoms with Gasteiger partial charge < -0.3 is 11.1 Å². The minimum atomic E-state index is -0.528. The molecule has 0 saturated heterocycles. The minimum Gasteiger partial charge on any atom is -0.351 e. The molecule has 100 valence electrons. The zero-order chi connectivity index (χ0) is 13.0. The molecule has 0 spiro atoms. The van der Waals surface area contributed by atoms with Gasteiger partial charge in [-0.3, -0.25) is 4.79 Å². The maximum Gasteiger partial charge on any atom is 0.241 e. The number of nitrogens with one attached hydrogen (secondary N) is 1. The number of hydrogen-bond acceptors (Lipinski definition) is 2. The first-order valence-corrected chi connectivity index (χ1v) is 7.36. The number of amides is 1. The molecule has 3 N–H and O–H groups in total. The summed E-state index contributed by atoms with van der Waals surface area (Å²) in [7, 11) is 0. The van der Waals surface area contributed by atoms with Crippen molar-refractivity contribution in [3.63, 3.8) is 0 Å². The van der Waals surface area contributed by atoms with E-state index >= 15 is 0 Å². The quantitative estimate of drug-likeness (QED) is 0.867. The number of carbonyl (C=O) groups excluding carboxylic acids is 1. The summed E-state index contributed by atoms with van der Waals surface area (Å²) < 4.78 is 0. The van der Waals surface area contributed by atoms with Gasteiger partial charge in [-0.25, -0.2) is 0 Å². The lowest BCUT2D eigenvalue weighted by molar-refractivity contribution is -0.122. The number of fused-ring (bicyclic) bond motifs is 5. The molecule has 4 rings (SSSR count). The predicted octanol–water partition coefficient (Wildman–Crippen LogP) is 1.85. The number of hydrogen-bond donors (Lipinski definition) is 2. The van der Waals surface area contributed by atoms with Gasteiger partial charge in [-0.2, -0.15) is 0 Å². The smallest absolute Gasteiger partial charge is 0.241 e. The monoisotopic (exact) mass is 256 g/mol. The Bertz CT molecular complexity index is 485. The third kappa shape index (κ3) is 1.71. The minimum absolute atomic E-state index is 0.00926. The third-order valence-corrected chi connectivity index (χ3v) is 5.49. The molecule has 5 atom stereocenters. The van der Waals surface area contributed by atoms with Crippen LogP contribution in [0, 0.1) is 23.7 Å². The summed E-state index contributed by atoms with van der Waals surface area (Å²) in [5, 5.41) is 3.19. The molecule has 1 aromatic rings. The van der Waals surface area contributed by atoms with Gasteiger partial charge in [0.1, 0.15) is 6.04 Å². The summed E-state index contributed by atoms with van der Waals surface area (Å²) in [6.07, 6.45) is 4.17. The van der Waals surface area contributed by atoms with Crippen molar-refractivity contribution >= 4 is 5.91 Å². The van der Waals surface area contributed by atoms with E-state index in [9.17, 15) is 4.79 Å². The first-order valence-electron chi connectivity index (χ1n) is 7.36. The summed E-state index contributed by atoms with van der Waals surface area (Å²) in [5.74, 6) is 3.29. The summed E-state index contributed by atoms with van der Waals surface area (Å²) in [4.78, 5) is 12.2. The highest BCUT2D eigenvalue weighted by atomic mass is 16.2. The average molecular weight is 256 g/mol. The molecule has 19 heavy (non-hydrogen) atoms. The van der Waals surface area contributed by atoms with Crippen LogP contribution in [0.5, 0.6) is 0 Å². The normalized spacial score (nSPS) is 39.7. The summed E-state index contributed by atoms with van der Waals surface area (Å²) >= 11 is 0. The summed E-state index contributed by atoms with van der Waals surface area (Å²) in [6, 6.07) is 9.53. The molecule has 3 nitrogen and oxygen atoms in total. The molecule has 0 aliphatic heterocycles. The van der Waals surface area contributed by atoms with Gasteiger partial charge in [0, 0.05) is 6.04 Å². The van der Waals surface area contributed by atoms with Gasteiger partial charge in [-0.15, -0.1) is 0 Å². The van der Waals surface area contributed by atoms with E-state index in [-0.39, 0.29) is 5.91 Å². The van der Waals surface area contributed by atoms with Crippen LogP contribution < -0.4 is 11.1 Å². The fourth-order valence-electron chi connectivity index (χ4n) is 4.58. The molecule has 3 fully saturated rings. The van der Waals surface area contributed by atoms with E-state index in [1.54, 1.807) is 0 Å². The summed E-state index contributed by atoms with van der Waals surface area (Å²) in [5.41, 5.74) is 6.93. The Labute approximate surface area is 113 Å². The maximum absolute atomic E-state index is 12.2. The Morgan fingerprint density at radius 1 is 1.16 bits per heavy atom. The predicted molar refractivity (Wildman–Crippen MR) is 73.1 cm³/mol. The van der Waals surface area contributed by atoms with E-state index in [0.717, 1.165) is 29.2 Å². The second kappa shape index (κ2) is 4.07. The highest BCUT2D eigenvalue weighted by molar-refractivity contribution is 5.83. The van der Waals surface area contributed by atoms with E-state index in [4.69, 9.17) is 5.73 Å². The van der Waals surface area contributed by atoms with Crippen LogP contribution in [0.4, 0.5) is 0 Å². The molecule has 0 heterocycles. The van der Waals surface area contributed by atoms with Crippen molar-refractivity contribution in [1.82, 2.24) is 5.32 Å². The van der Waals surface area contributed by atoms with Crippen molar-refractivity contribution in [2.45, 2.75) is 31.3 Å². The van der Waals surface area contributed by atoms with E-state index in [0.29, 0.717) is 6.04 Å². The van der Waals surface area contributed by atoms with E-state index in [1.807, 2.05) is 30.3 Å². The molecule has 3 heteroatoms. The first kappa shape index (κ1) is 11.5. The molecule has 3 aliphatic carbocycles. The molecular formula is C16H20N2O. The number of carbonyl (C=O) groups is 1.